The minimum atomic E-state index is -0.763. The molecule has 5 nitrogen and oxygen atoms in total. The molecule has 0 amide bonds. The number of unbranched alkanes of at least 4 members (excludes halogenated alkanes) is 36. The van der Waals surface area contributed by atoms with Gasteiger partial charge in [-0.2, -0.15) is 0 Å². The van der Waals surface area contributed by atoms with E-state index >= 15 is 0 Å². The Morgan fingerprint density at radius 2 is 0.673 bits per heavy atom. The molecule has 1 unspecified atom stereocenters. The average molecular weight is 777 g/mol. The van der Waals surface area contributed by atoms with Crippen LogP contribution in [0.4, 0.5) is 0 Å². The van der Waals surface area contributed by atoms with E-state index in [0.717, 1.165) is 38.5 Å². The van der Waals surface area contributed by atoms with Gasteiger partial charge in [-0.25, -0.2) is 0 Å². The van der Waals surface area contributed by atoms with Crippen LogP contribution in [0.1, 0.15) is 277 Å². The van der Waals surface area contributed by atoms with Crippen molar-refractivity contribution < 1.29 is 24.2 Å². The van der Waals surface area contributed by atoms with Crippen LogP contribution in [0.15, 0.2) is 12.2 Å². The average Bonchev–Trinajstić information content (AvgIpc) is 3.19. The maximum atomic E-state index is 12.2. The lowest BCUT2D eigenvalue weighted by Gasteiger charge is -2.15. The smallest absolute Gasteiger partial charge is 0.306 e. The van der Waals surface area contributed by atoms with Gasteiger partial charge in [0.25, 0.3) is 0 Å². The summed E-state index contributed by atoms with van der Waals surface area (Å²) in [6.45, 7) is 4.15. The minimum Gasteiger partial charge on any atom is -0.462 e. The Hall–Kier alpha value is -1.36. The highest BCUT2D eigenvalue weighted by molar-refractivity contribution is 5.70. The zero-order valence-corrected chi connectivity index (χ0v) is 37.2. The third kappa shape index (κ3) is 45.2. The van der Waals surface area contributed by atoms with Crippen molar-refractivity contribution in [3.05, 3.63) is 12.2 Å². The largest absolute Gasteiger partial charge is 0.462 e. The lowest BCUT2D eigenvalue weighted by molar-refractivity contribution is -0.161. The molecule has 0 radical (unpaired) electrons. The van der Waals surface area contributed by atoms with Gasteiger partial charge in [0.15, 0.2) is 6.10 Å². The normalized spacial score (nSPS) is 12.1. The Bertz CT molecular complexity index is 795. The van der Waals surface area contributed by atoms with Gasteiger partial charge in [-0.1, -0.05) is 238 Å². The summed E-state index contributed by atoms with van der Waals surface area (Å²) >= 11 is 0. The number of esters is 2. The van der Waals surface area contributed by atoms with Crippen molar-refractivity contribution in [3.8, 4) is 0 Å². The fourth-order valence-corrected chi connectivity index (χ4v) is 7.55. The fourth-order valence-electron chi connectivity index (χ4n) is 7.55. The van der Waals surface area contributed by atoms with Gasteiger partial charge in [0, 0.05) is 12.8 Å². The van der Waals surface area contributed by atoms with E-state index in [0.29, 0.717) is 12.8 Å². The molecular formula is C50H96O5. The highest BCUT2D eigenvalue weighted by Gasteiger charge is 2.16. The van der Waals surface area contributed by atoms with E-state index in [4.69, 9.17) is 9.47 Å². The number of ether oxygens (including phenoxy) is 2. The Morgan fingerprint density at radius 3 is 0.982 bits per heavy atom. The number of hydrogen-bond acceptors (Lipinski definition) is 5. The van der Waals surface area contributed by atoms with Gasteiger partial charge in [0.05, 0.1) is 6.61 Å². The van der Waals surface area contributed by atoms with Crippen LogP contribution in [0.25, 0.3) is 0 Å². The predicted molar refractivity (Wildman–Crippen MR) is 238 cm³/mol. The molecular weight excluding hydrogens is 681 g/mol. The van der Waals surface area contributed by atoms with Crippen LogP contribution in [0.5, 0.6) is 0 Å². The van der Waals surface area contributed by atoms with Gasteiger partial charge in [0.2, 0.25) is 0 Å². The summed E-state index contributed by atoms with van der Waals surface area (Å²) in [7, 11) is 0. The van der Waals surface area contributed by atoms with E-state index < -0.39 is 6.10 Å². The predicted octanol–water partition coefficient (Wildman–Crippen LogP) is 16.0. The molecule has 0 saturated heterocycles. The van der Waals surface area contributed by atoms with Crippen molar-refractivity contribution in [2.75, 3.05) is 13.2 Å². The molecule has 326 valence electrons. The van der Waals surface area contributed by atoms with Crippen molar-refractivity contribution in [1.82, 2.24) is 0 Å². The standard InChI is InChI=1S/C50H96O5/c1-3-5-7-9-11-13-15-16-17-18-19-20-21-22-23-24-25-26-27-28-29-30-31-32-33-34-35-37-39-41-43-45-50(53)55-48(46-51)47-54-49(52)44-42-40-38-36-14-12-10-8-6-4-2/h18-19,48,51H,3-17,20-47H2,1-2H3/b19-18-. The molecule has 0 fully saturated rings. The van der Waals surface area contributed by atoms with Crippen molar-refractivity contribution in [2.24, 2.45) is 0 Å². The van der Waals surface area contributed by atoms with Crippen LogP contribution in [-0.4, -0.2) is 36.4 Å². The summed E-state index contributed by atoms with van der Waals surface area (Å²) < 4.78 is 10.6. The zero-order chi connectivity index (χ0) is 40.0. The molecule has 0 heterocycles. The number of aliphatic hydroxyl groups excluding tert-OH is 1. The van der Waals surface area contributed by atoms with Crippen LogP contribution >= 0.6 is 0 Å². The molecule has 0 saturated carbocycles. The molecule has 0 aromatic heterocycles. The molecule has 5 heteroatoms. The second kappa shape index (κ2) is 47.0. The van der Waals surface area contributed by atoms with Gasteiger partial charge in [-0.15, -0.1) is 0 Å². The van der Waals surface area contributed by atoms with E-state index in [-0.39, 0.29) is 25.2 Å². The van der Waals surface area contributed by atoms with Gasteiger partial charge in [-0.05, 0) is 38.5 Å². The summed E-state index contributed by atoms with van der Waals surface area (Å²) in [6.07, 6.45) is 56.1. The Balaban J connectivity index is 3.37. The first-order chi connectivity index (χ1) is 27.1. The van der Waals surface area contributed by atoms with Crippen LogP contribution in [0.3, 0.4) is 0 Å². The van der Waals surface area contributed by atoms with Crippen LogP contribution in [0, 0.1) is 0 Å². The van der Waals surface area contributed by atoms with Crippen molar-refractivity contribution in [3.63, 3.8) is 0 Å². The molecule has 0 aromatic carbocycles. The van der Waals surface area contributed by atoms with Crippen molar-refractivity contribution >= 4 is 11.9 Å². The van der Waals surface area contributed by atoms with E-state index in [1.807, 2.05) is 0 Å². The molecule has 0 rings (SSSR count). The molecule has 0 aliphatic carbocycles. The number of carbonyl (C=O) groups excluding carboxylic acids is 2. The Morgan fingerprint density at radius 1 is 0.400 bits per heavy atom. The minimum absolute atomic E-state index is 0.0585. The summed E-state index contributed by atoms with van der Waals surface area (Å²) in [5.74, 6) is -0.577. The summed E-state index contributed by atoms with van der Waals surface area (Å²) in [4.78, 5) is 24.3. The van der Waals surface area contributed by atoms with Crippen molar-refractivity contribution in [1.29, 1.82) is 0 Å². The Labute approximate surface area is 343 Å². The fraction of sp³-hybridized carbons (Fsp3) is 0.920. The van der Waals surface area contributed by atoms with Crippen molar-refractivity contribution in [2.45, 2.75) is 283 Å². The monoisotopic (exact) mass is 777 g/mol. The first-order valence-corrected chi connectivity index (χ1v) is 24.7. The molecule has 0 spiro atoms. The summed E-state index contributed by atoms with van der Waals surface area (Å²) in [5.41, 5.74) is 0. The second-order valence-corrected chi connectivity index (χ2v) is 16.9. The molecule has 0 bridgehead atoms. The maximum absolute atomic E-state index is 12.2. The Kier molecular flexibility index (Phi) is 45.9. The lowest BCUT2D eigenvalue weighted by Crippen LogP contribution is -2.28. The highest BCUT2D eigenvalue weighted by Crippen LogP contribution is 2.17. The number of carbonyl (C=O) groups is 2. The molecule has 55 heavy (non-hydrogen) atoms. The highest BCUT2D eigenvalue weighted by atomic mass is 16.6. The van der Waals surface area contributed by atoms with E-state index in [9.17, 15) is 14.7 Å². The van der Waals surface area contributed by atoms with E-state index in [2.05, 4.69) is 26.0 Å². The van der Waals surface area contributed by atoms with E-state index in [1.54, 1.807) is 0 Å². The summed E-state index contributed by atoms with van der Waals surface area (Å²) in [6, 6.07) is 0. The first-order valence-electron chi connectivity index (χ1n) is 24.7. The summed E-state index contributed by atoms with van der Waals surface area (Å²) in [5, 5.41) is 9.57. The molecule has 0 aliphatic rings. The van der Waals surface area contributed by atoms with Gasteiger partial charge in [-0.3, -0.25) is 9.59 Å². The van der Waals surface area contributed by atoms with Crippen LogP contribution in [-0.2, 0) is 19.1 Å². The molecule has 1 N–H and O–H groups in total. The number of hydrogen-bond donors (Lipinski definition) is 1. The second-order valence-electron chi connectivity index (χ2n) is 16.9. The zero-order valence-electron chi connectivity index (χ0n) is 37.2. The topological polar surface area (TPSA) is 72.8 Å². The third-order valence-corrected chi connectivity index (χ3v) is 11.3. The van der Waals surface area contributed by atoms with E-state index in [1.165, 1.54) is 212 Å². The quantitative estimate of drug-likeness (QED) is 0.0379. The van der Waals surface area contributed by atoms with Gasteiger partial charge < -0.3 is 14.6 Å². The molecule has 0 aliphatic heterocycles. The molecule has 0 aromatic rings. The third-order valence-electron chi connectivity index (χ3n) is 11.3. The maximum Gasteiger partial charge on any atom is 0.306 e. The SMILES string of the molecule is CCCCCCCCCC/C=C\CCCCCCCCCCCCCCCCCCCCCC(=O)OC(CO)COC(=O)CCCCCCCCCCCC. The molecule has 1 atom stereocenters. The van der Waals surface area contributed by atoms with Gasteiger partial charge in [0.1, 0.15) is 6.61 Å². The van der Waals surface area contributed by atoms with Crippen LogP contribution in [0.2, 0.25) is 0 Å². The number of aliphatic hydroxyl groups is 1. The number of rotatable bonds is 46. The lowest BCUT2D eigenvalue weighted by atomic mass is 10.0. The number of allylic oxidation sites excluding steroid dienone is 2. The van der Waals surface area contributed by atoms with Crippen LogP contribution < -0.4 is 0 Å². The van der Waals surface area contributed by atoms with Gasteiger partial charge >= 0.3 is 11.9 Å². The first kappa shape index (κ1) is 53.6.